The van der Waals surface area contributed by atoms with Crippen molar-refractivity contribution in [3.63, 3.8) is 0 Å². The van der Waals surface area contributed by atoms with Gasteiger partial charge in [-0.1, -0.05) is 164 Å². The number of ether oxygens (including phenoxy) is 10. The Balaban J connectivity index is 0.000000283. The number of carbonyl (C=O) groups excluding carboxylic acids is 4. The average Bonchev–Trinajstić information content (AvgIpc) is 0.753. The van der Waals surface area contributed by atoms with Crippen LogP contribution in [0, 0.1) is 0 Å². The van der Waals surface area contributed by atoms with Gasteiger partial charge >= 0.3 is 154 Å². The van der Waals surface area contributed by atoms with Crippen LogP contribution in [0.3, 0.4) is 0 Å². The van der Waals surface area contributed by atoms with Gasteiger partial charge in [0.05, 0.1) is 145 Å². The van der Waals surface area contributed by atoms with Crippen molar-refractivity contribution in [3.05, 3.63) is 180 Å². The third-order valence-electron chi connectivity index (χ3n) is 22.2. The fraction of sp³-hybridized carbons (Fsp3) is 0.469. The summed E-state index contributed by atoms with van der Waals surface area (Å²) in [6.07, 6.45) is 0. The van der Waals surface area contributed by atoms with Gasteiger partial charge in [-0.25, -0.2) is 0 Å². The van der Waals surface area contributed by atoms with Gasteiger partial charge in [0, 0.05) is 151 Å². The summed E-state index contributed by atoms with van der Waals surface area (Å²) in [5.41, 5.74) is 3.34. The molecule has 34 heteroatoms. The molecule has 5 saturated heterocycles. The summed E-state index contributed by atoms with van der Waals surface area (Å²) in [5.74, 6) is -0.197. The number of halogens is 2. The molecule has 5 aliphatic heterocycles. The number of benzene rings is 12. The molecule has 12 aromatic carbocycles. The van der Waals surface area contributed by atoms with E-state index in [0.717, 1.165) is 174 Å². The predicted molar refractivity (Wildman–Crippen MR) is 509 cm³/mol. The summed E-state index contributed by atoms with van der Waals surface area (Å²) in [4.78, 5) is 53.2. The first-order valence-corrected chi connectivity index (χ1v) is 45.7. The van der Waals surface area contributed by atoms with Gasteiger partial charge in [0.15, 0.2) is 0 Å². The first kappa shape index (κ1) is 116. The quantitative estimate of drug-likeness (QED) is 0.0104. The van der Waals surface area contributed by atoms with E-state index in [2.05, 4.69) is 237 Å². The molecule has 12 aromatic rings. The van der Waals surface area contributed by atoms with E-state index in [1.165, 1.54) is 97.0 Å². The van der Waals surface area contributed by atoms with E-state index in [-0.39, 0.29) is 223 Å². The van der Waals surface area contributed by atoms with Gasteiger partial charge in [0.1, 0.15) is 5.88 Å². The zero-order valence-electron chi connectivity index (χ0n) is 78.4. The Morgan fingerprint density at radius 1 is 0.303 bits per heavy atom. The van der Waals surface area contributed by atoms with E-state index < -0.39 is 0 Å². The molecule has 0 atom stereocenters. The Hall–Kier alpha value is -3.27. The van der Waals surface area contributed by atoms with Gasteiger partial charge in [-0.05, 0) is 114 Å². The molecule has 0 spiro atoms. The van der Waals surface area contributed by atoms with E-state index >= 15 is 0 Å². The molecule has 132 heavy (non-hydrogen) atoms. The number of hydrogen-bond acceptors (Lipinski definition) is 26. The normalized spacial score (nSPS) is 17.2. The molecule has 0 aromatic heterocycles. The van der Waals surface area contributed by atoms with E-state index in [9.17, 15) is 14.4 Å². The van der Waals surface area contributed by atoms with Crippen LogP contribution in [0.25, 0.3) is 97.0 Å². The fourth-order valence-electron chi connectivity index (χ4n) is 15.7. The summed E-state index contributed by atoms with van der Waals surface area (Å²) in [6.45, 7) is 33.4. The molecule has 5 fully saturated rings. The van der Waals surface area contributed by atoms with E-state index in [4.69, 9.17) is 69.0 Å². The Labute approximate surface area is 927 Å². The van der Waals surface area contributed by atoms with Crippen molar-refractivity contribution in [2.24, 2.45) is 0 Å². The van der Waals surface area contributed by atoms with E-state index in [0.29, 0.717) is 125 Å². The van der Waals surface area contributed by atoms with Gasteiger partial charge in [-0.15, -0.1) is 11.6 Å². The van der Waals surface area contributed by atoms with Crippen LogP contribution in [-0.4, -0.2) is 316 Å². The van der Waals surface area contributed by atoms with Gasteiger partial charge in [-0.3, -0.25) is 29.0 Å². The monoisotopic (exact) mass is 2030 g/mol. The van der Waals surface area contributed by atoms with Gasteiger partial charge in [0.25, 0.3) is 6.47 Å². The number of alkyl halides is 1. The van der Waals surface area contributed by atoms with Gasteiger partial charge in [0.2, 0.25) is 17.7 Å². The van der Waals surface area contributed by atoms with Crippen molar-refractivity contribution in [1.29, 1.82) is 0 Å². The Morgan fingerprint density at radius 3 is 0.727 bits per heavy atom. The molecule has 0 saturated carbocycles. The molecule has 0 unspecified atom stereocenters. The zero-order chi connectivity index (χ0) is 88.9. The largest absolute Gasteiger partial charge is 1.00 e. The van der Waals surface area contributed by atoms with Gasteiger partial charge in [-0.2, -0.15) is 0 Å². The first-order valence-electron chi connectivity index (χ1n) is 45.2. The number of carbonyl (C=O) groups is 4. The minimum atomic E-state index is -0.181. The molecule has 0 radical (unpaired) electrons. The summed E-state index contributed by atoms with van der Waals surface area (Å²) in [7, 11) is 0. The molecule has 5 heterocycles. The van der Waals surface area contributed by atoms with Crippen molar-refractivity contribution < 1.29 is 256 Å². The topological polar surface area (TPSA) is 332 Å². The third-order valence-corrected chi connectivity index (χ3v) is 22.4. The molecule has 11 N–H and O–H groups in total. The van der Waals surface area contributed by atoms with Crippen molar-refractivity contribution >= 4 is 133 Å². The van der Waals surface area contributed by atoms with Crippen molar-refractivity contribution in [2.75, 3.05) is 282 Å². The minimum absolute atomic E-state index is 0. The Bertz CT molecular complexity index is 4740. The maximum Gasteiger partial charge on any atom is 1.00 e. The molecule has 3 amide bonds. The van der Waals surface area contributed by atoms with Crippen molar-refractivity contribution in [3.8, 4) is 0 Å². The smallest absolute Gasteiger partial charge is 1.00 e. The maximum absolute atomic E-state index is 13.2. The van der Waals surface area contributed by atoms with Crippen LogP contribution in [0.5, 0.6) is 0 Å². The number of nitrogens with zero attached hydrogens (tertiary/aromatic N) is 2. The first-order chi connectivity index (χ1) is 63.3. The molecule has 29 nitrogen and oxygen atoms in total. The SMILES string of the molecule is C1CNCCN1.C1COCCNCCOCCN1.C1COCCNCCOCCN1.C1COCCOCCNCCOCCOCCN1.O=C(CCl)NCc1ccc2ccc3cccc4ccc1c2c34.O=C(CN1CCOCCN(CC(=O)NCc2ccc3ccc4cccc5ccc2c3c45)CCOCC1)NCc1ccc2ccc3cccc4ccc1c2c34.O=CO[O-].[H-].[I-].[K+].[K+].[K+]. The standard InChI is InChI=1S/C46H44N4O4.C19H14ClNO.C12H26N2O4.2C8H18N2O2.C4H10N2.CH2O3.HI.3K.H/c51-41(47-27-37-13-11-35-9-7-31-3-1-5-33-15-17-39(37)45(35)43(31)33)29-49-19-23-53-25-21-50(22-26-54-24-20-49)30-42(52)48-28-38-14-12-36-10-8-32-4-2-6-34-16-18-40(38)46(36)44(32)34;20-10-17(22)21-11-15-7-6-14-5-4-12-2-1-3-13-8-9-16(15)19(14)18(12)13;1-5-15-9-10-17-7-3-14-4-8-18-12-11-16-6-2-13-1;2*1-5-11-7-3-10-4-8-12-6-2-9-1;1-2-6-4-3-5-1;2-1-4-3;;;;;/h1-18H,19-30H2,(H,47,51)(H,48,52);1-9H,10-11H2,(H,21,22);13-14H,1-12H2;2*9-10H,1-8H2;5-6H,1-4H2;1,3H;1H;;;;/q;;;;;;;;3*+1;-1/p-2. The number of hydrogen-bond donors (Lipinski definition) is 11. The molecule has 5 aliphatic rings. The zero-order valence-corrected chi connectivity index (χ0v) is 89.7. The fourth-order valence-corrected chi connectivity index (χ4v) is 15.7. The second kappa shape index (κ2) is 70.4. The van der Waals surface area contributed by atoms with Crippen LogP contribution in [0.1, 0.15) is 18.1 Å². The second-order valence-electron chi connectivity index (χ2n) is 31.1. The summed E-state index contributed by atoms with van der Waals surface area (Å²) in [5, 5.41) is 65.8. The third kappa shape index (κ3) is 40.7. The number of rotatable bonds is 12. The summed E-state index contributed by atoms with van der Waals surface area (Å²) >= 11 is 5.55. The Kier molecular flexibility index (Phi) is 61.7. The second-order valence-corrected chi connectivity index (χ2v) is 31.3. The van der Waals surface area contributed by atoms with E-state index in [1.54, 1.807) is 0 Å². The van der Waals surface area contributed by atoms with Crippen molar-refractivity contribution in [1.82, 2.24) is 68.3 Å². The summed E-state index contributed by atoms with van der Waals surface area (Å²) in [6, 6.07) is 58.0. The van der Waals surface area contributed by atoms with Gasteiger partial charge < -0.3 is 141 Å². The van der Waals surface area contributed by atoms with Crippen LogP contribution >= 0.6 is 11.6 Å². The van der Waals surface area contributed by atoms with Crippen LogP contribution in [0.2, 0.25) is 0 Å². The molecule has 0 aliphatic carbocycles. The van der Waals surface area contributed by atoms with Crippen LogP contribution < -0.4 is 242 Å². The minimum Gasteiger partial charge on any atom is -1.00 e. The van der Waals surface area contributed by atoms with Crippen LogP contribution in [0.4, 0.5) is 0 Å². The molecule has 0 bridgehead atoms. The molecule has 702 valence electrons. The molecular weight excluding hydrogens is 1890 g/mol. The Morgan fingerprint density at radius 2 is 0.500 bits per heavy atom. The number of nitrogens with one attached hydrogen (secondary N) is 11. The number of amides is 3. The molecular formula is C98H132ClIK3N13O16. The average molecular weight is 2030 g/mol. The van der Waals surface area contributed by atoms with Crippen LogP contribution in [-0.2, 0) is 91.1 Å². The predicted octanol–water partition coefficient (Wildman–Crippen LogP) is -5.08. The maximum atomic E-state index is 13.2. The van der Waals surface area contributed by atoms with E-state index in [1.807, 2.05) is 0 Å². The van der Waals surface area contributed by atoms with Crippen LogP contribution in [0.15, 0.2) is 164 Å². The number of piperazine rings is 1. The molecule has 17 rings (SSSR count). The summed E-state index contributed by atoms with van der Waals surface area (Å²) < 4.78 is 55.0. The van der Waals surface area contributed by atoms with Crippen molar-refractivity contribution in [2.45, 2.75) is 19.6 Å².